The molecule has 2 unspecified atom stereocenters. The number of aromatic nitrogens is 2. The van der Waals surface area contributed by atoms with Gasteiger partial charge in [-0.1, -0.05) is 12.1 Å². The van der Waals surface area contributed by atoms with Gasteiger partial charge in [0.15, 0.2) is 0 Å². The minimum absolute atomic E-state index is 0.0245. The predicted molar refractivity (Wildman–Crippen MR) is 75.7 cm³/mol. The minimum atomic E-state index is -0.801. The lowest BCUT2D eigenvalue weighted by molar-refractivity contribution is -0.384. The van der Waals surface area contributed by atoms with Crippen LogP contribution in [0.5, 0.6) is 5.88 Å². The second-order valence-electron chi connectivity index (χ2n) is 4.97. The molecular weight excluding hydrogens is 286 g/mol. The first kappa shape index (κ1) is 13.8. The Balaban J connectivity index is 2.13. The predicted octanol–water partition coefficient (Wildman–Crippen LogP) is 2.27. The molecule has 8 heteroatoms. The minimum Gasteiger partial charge on any atom is -0.422 e. The van der Waals surface area contributed by atoms with Gasteiger partial charge in [0.25, 0.3) is 5.69 Å². The number of H-pyrrole nitrogens is 1. The smallest absolute Gasteiger partial charge is 0.269 e. The third kappa shape index (κ3) is 2.00. The van der Waals surface area contributed by atoms with E-state index in [0.29, 0.717) is 11.1 Å². The van der Waals surface area contributed by atoms with Crippen LogP contribution in [0.4, 0.5) is 5.69 Å². The average Bonchev–Trinajstić information content (AvgIpc) is 2.87. The lowest BCUT2D eigenvalue weighted by atomic mass is 9.79. The number of nitro groups is 1. The monoisotopic (exact) mass is 297 g/mol. The van der Waals surface area contributed by atoms with Crippen LogP contribution in [0.15, 0.2) is 24.3 Å². The molecule has 0 fully saturated rings. The van der Waals surface area contributed by atoms with Gasteiger partial charge in [0.05, 0.1) is 11.0 Å². The molecule has 1 aliphatic heterocycles. The fourth-order valence-corrected chi connectivity index (χ4v) is 2.64. The van der Waals surface area contributed by atoms with Crippen molar-refractivity contribution in [1.29, 1.82) is 10.7 Å². The maximum atomic E-state index is 10.8. The molecule has 22 heavy (non-hydrogen) atoms. The fraction of sp³-hybridized carbons (Fsp3) is 0.214. The van der Waals surface area contributed by atoms with Gasteiger partial charge < -0.3 is 4.74 Å². The standard InChI is InChI=1S/C14H11N5O3/c1-7-11-12(8-2-4-9(5-3-8)19(20)21)10(6-15)13(16)22-14(11)18-17-7/h2-5,10,12,16H,1H3,(H,17,18). The van der Waals surface area contributed by atoms with Crippen LogP contribution >= 0.6 is 0 Å². The van der Waals surface area contributed by atoms with Crippen LogP contribution in [0.3, 0.4) is 0 Å². The molecule has 0 aliphatic carbocycles. The number of aryl methyl sites for hydroxylation is 1. The van der Waals surface area contributed by atoms with Gasteiger partial charge in [-0.05, 0) is 12.5 Å². The highest BCUT2D eigenvalue weighted by Crippen LogP contribution is 2.42. The van der Waals surface area contributed by atoms with Gasteiger partial charge in [-0.15, -0.1) is 5.10 Å². The molecule has 8 nitrogen and oxygen atoms in total. The Morgan fingerprint density at radius 3 is 2.73 bits per heavy atom. The quantitative estimate of drug-likeness (QED) is 0.648. The van der Waals surface area contributed by atoms with Crippen molar-refractivity contribution >= 4 is 11.6 Å². The van der Waals surface area contributed by atoms with E-state index >= 15 is 0 Å². The third-order valence-corrected chi connectivity index (χ3v) is 3.70. The largest absolute Gasteiger partial charge is 0.422 e. The summed E-state index contributed by atoms with van der Waals surface area (Å²) in [5.41, 5.74) is 2.13. The first-order valence-electron chi connectivity index (χ1n) is 6.48. The maximum absolute atomic E-state index is 10.8. The number of benzene rings is 1. The Bertz CT molecular complexity index is 803. The molecule has 0 saturated heterocycles. The van der Waals surface area contributed by atoms with E-state index in [1.807, 2.05) is 0 Å². The molecule has 2 atom stereocenters. The Labute approximate surface area is 125 Å². The number of aromatic amines is 1. The van der Waals surface area contributed by atoms with Crippen LogP contribution in [-0.2, 0) is 0 Å². The van der Waals surface area contributed by atoms with Crippen molar-refractivity contribution < 1.29 is 9.66 Å². The average molecular weight is 297 g/mol. The van der Waals surface area contributed by atoms with E-state index in [0.717, 1.165) is 5.69 Å². The molecule has 3 rings (SSSR count). The molecule has 2 aromatic rings. The molecule has 0 bridgehead atoms. The zero-order valence-electron chi connectivity index (χ0n) is 11.5. The lowest BCUT2D eigenvalue weighted by Crippen LogP contribution is -2.30. The van der Waals surface area contributed by atoms with Crippen molar-refractivity contribution in [3.8, 4) is 11.9 Å². The molecule has 2 heterocycles. The Hall–Kier alpha value is -3.21. The summed E-state index contributed by atoms with van der Waals surface area (Å²) in [6.45, 7) is 1.80. The lowest BCUT2D eigenvalue weighted by Gasteiger charge is -2.27. The summed E-state index contributed by atoms with van der Waals surface area (Å²) in [6.07, 6.45) is 0. The highest BCUT2D eigenvalue weighted by atomic mass is 16.6. The highest BCUT2D eigenvalue weighted by Gasteiger charge is 2.39. The number of fused-ring (bicyclic) bond motifs is 1. The SMILES string of the molecule is Cc1[nH]nc2c1C(c1ccc([N+](=O)[O-])cc1)C(C#N)C(=N)O2. The number of hydrogen-bond acceptors (Lipinski definition) is 6. The van der Waals surface area contributed by atoms with Crippen molar-refractivity contribution in [1.82, 2.24) is 10.2 Å². The number of rotatable bonds is 2. The summed E-state index contributed by atoms with van der Waals surface area (Å²) in [5.74, 6) is -1.15. The Morgan fingerprint density at radius 2 is 2.14 bits per heavy atom. The Kier molecular flexibility index (Phi) is 3.10. The normalized spacial score (nSPS) is 19.9. The highest BCUT2D eigenvalue weighted by molar-refractivity contribution is 5.84. The van der Waals surface area contributed by atoms with Crippen molar-refractivity contribution in [2.75, 3.05) is 0 Å². The second-order valence-corrected chi connectivity index (χ2v) is 4.97. The van der Waals surface area contributed by atoms with Crippen molar-refractivity contribution in [2.24, 2.45) is 5.92 Å². The number of non-ortho nitro benzene ring substituents is 1. The number of hydrogen-bond donors (Lipinski definition) is 2. The molecule has 1 aliphatic rings. The van der Waals surface area contributed by atoms with Gasteiger partial charge in [-0.25, -0.2) is 0 Å². The molecule has 1 aromatic heterocycles. The zero-order chi connectivity index (χ0) is 15.9. The van der Waals surface area contributed by atoms with Crippen LogP contribution in [-0.4, -0.2) is 21.0 Å². The molecule has 1 aromatic carbocycles. The van der Waals surface area contributed by atoms with Crippen molar-refractivity contribution in [3.05, 3.63) is 51.2 Å². The van der Waals surface area contributed by atoms with Gasteiger partial charge >= 0.3 is 0 Å². The van der Waals surface area contributed by atoms with Crippen molar-refractivity contribution in [2.45, 2.75) is 12.8 Å². The van der Waals surface area contributed by atoms with E-state index in [2.05, 4.69) is 16.3 Å². The zero-order valence-corrected chi connectivity index (χ0v) is 11.5. The van der Waals surface area contributed by atoms with Gasteiger partial charge in [-0.3, -0.25) is 20.6 Å². The van der Waals surface area contributed by atoms with Gasteiger partial charge in [0, 0.05) is 29.3 Å². The van der Waals surface area contributed by atoms with Crippen molar-refractivity contribution in [3.63, 3.8) is 0 Å². The van der Waals surface area contributed by atoms with E-state index < -0.39 is 16.8 Å². The summed E-state index contributed by atoms with van der Waals surface area (Å²) in [7, 11) is 0. The van der Waals surface area contributed by atoms with Gasteiger partial charge in [0.1, 0.15) is 5.92 Å². The van der Waals surface area contributed by atoms with Crippen LogP contribution < -0.4 is 4.74 Å². The third-order valence-electron chi connectivity index (χ3n) is 3.70. The number of ether oxygens (including phenoxy) is 1. The molecule has 0 spiro atoms. The first-order valence-corrected chi connectivity index (χ1v) is 6.48. The number of nitriles is 1. The van der Waals surface area contributed by atoms with Crippen LogP contribution in [0, 0.1) is 39.7 Å². The molecule has 2 N–H and O–H groups in total. The summed E-state index contributed by atoms with van der Waals surface area (Å²) in [6, 6.07) is 8.04. The number of nitrogens with zero attached hydrogens (tertiary/aromatic N) is 3. The fourth-order valence-electron chi connectivity index (χ4n) is 2.64. The van der Waals surface area contributed by atoms with Gasteiger partial charge in [-0.2, -0.15) is 5.26 Å². The first-order chi connectivity index (χ1) is 10.5. The summed E-state index contributed by atoms with van der Waals surface area (Å²) in [4.78, 5) is 10.3. The summed E-state index contributed by atoms with van der Waals surface area (Å²) >= 11 is 0. The molecule has 0 amide bonds. The number of nitrogens with one attached hydrogen (secondary N) is 2. The summed E-state index contributed by atoms with van der Waals surface area (Å²) < 4.78 is 5.28. The van der Waals surface area contributed by atoms with E-state index in [-0.39, 0.29) is 17.5 Å². The summed E-state index contributed by atoms with van der Waals surface area (Å²) in [5, 5.41) is 34.8. The van der Waals surface area contributed by atoms with Crippen LogP contribution in [0.1, 0.15) is 22.7 Å². The van der Waals surface area contributed by atoms with E-state index in [4.69, 9.17) is 10.1 Å². The molecule has 110 valence electrons. The van der Waals surface area contributed by atoms with E-state index in [1.54, 1.807) is 19.1 Å². The Morgan fingerprint density at radius 1 is 1.45 bits per heavy atom. The van der Waals surface area contributed by atoms with E-state index in [9.17, 15) is 15.4 Å². The topological polar surface area (TPSA) is 129 Å². The van der Waals surface area contributed by atoms with Crippen LogP contribution in [0.2, 0.25) is 0 Å². The molecule has 0 saturated carbocycles. The number of nitro benzene ring substituents is 1. The van der Waals surface area contributed by atoms with Crippen LogP contribution in [0.25, 0.3) is 0 Å². The molecule has 0 radical (unpaired) electrons. The second kappa shape index (κ2) is 4.96. The maximum Gasteiger partial charge on any atom is 0.269 e. The van der Waals surface area contributed by atoms with E-state index in [1.165, 1.54) is 12.1 Å². The van der Waals surface area contributed by atoms with Gasteiger partial charge in [0.2, 0.25) is 11.8 Å². The molecular formula is C14H11N5O3.